The average molecular weight is 491 g/mol. The van der Waals surface area contributed by atoms with Gasteiger partial charge in [-0.15, -0.1) is 0 Å². The van der Waals surface area contributed by atoms with Crippen LogP contribution in [-0.2, 0) is 5.60 Å². The monoisotopic (exact) mass is 490 g/mol. The van der Waals surface area contributed by atoms with Crippen LogP contribution in [-0.4, -0.2) is 0 Å². The summed E-state index contributed by atoms with van der Waals surface area (Å²) in [4.78, 5) is 0. The first-order valence-electron chi connectivity index (χ1n) is 11.3. The second-order valence-electron chi connectivity index (χ2n) is 8.67. The summed E-state index contributed by atoms with van der Waals surface area (Å²) in [7, 11) is 0. The summed E-state index contributed by atoms with van der Waals surface area (Å²) in [5, 5.41) is 2.47. The second kappa shape index (κ2) is 8.20. The summed E-state index contributed by atoms with van der Waals surface area (Å²) >= 11 is 3.64. The predicted molar refractivity (Wildman–Crippen MR) is 139 cm³/mol. The van der Waals surface area contributed by atoms with Gasteiger partial charge in [0.2, 0.25) is 0 Å². The molecule has 1 aliphatic rings. The Morgan fingerprint density at radius 3 is 1.91 bits per heavy atom. The van der Waals surface area contributed by atoms with E-state index in [1.807, 2.05) is 0 Å². The summed E-state index contributed by atoms with van der Waals surface area (Å²) < 4.78 is 8.16. The smallest absolute Gasteiger partial charge is 0.160 e. The first kappa shape index (κ1) is 20.3. The SMILES string of the molecule is Brc1ccc2c3c(ccc2c1)OC(c1ccccc1)(c1ccccc1)CC3c1ccccc1. The Bertz CT molecular complexity index is 1370. The van der Waals surface area contributed by atoms with Gasteiger partial charge in [0.25, 0.3) is 0 Å². The van der Waals surface area contributed by atoms with E-state index in [2.05, 4.69) is 137 Å². The van der Waals surface area contributed by atoms with Gasteiger partial charge < -0.3 is 4.74 Å². The predicted octanol–water partition coefficient (Wildman–Crippen LogP) is 8.46. The number of hydrogen-bond acceptors (Lipinski definition) is 1. The highest BCUT2D eigenvalue weighted by Crippen LogP contribution is 2.53. The normalized spacial score (nSPS) is 16.7. The van der Waals surface area contributed by atoms with Gasteiger partial charge in [0.1, 0.15) is 5.75 Å². The molecule has 0 saturated carbocycles. The highest BCUT2D eigenvalue weighted by atomic mass is 79.9. The molecule has 1 atom stereocenters. The van der Waals surface area contributed by atoms with Gasteiger partial charge in [-0.05, 0) is 45.7 Å². The van der Waals surface area contributed by atoms with E-state index in [-0.39, 0.29) is 5.92 Å². The van der Waals surface area contributed by atoms with Crippen LogP contribution >= 0.6 is 15.9 Å². The van der Waals surface area contributed by atoms with Crippen LogP contribution in [0, 0.1) is 0 Å². The number of halogens is 1. The van der Waals surface area contributed by atoms with Crippen molar-refractivity contribution in [2.75, 3.05) is 0 Å². The molecule has 2 heteroatoms. The maximum Gasteiger partial charge on any atom is 0.160 e. The molecule has 0 fully saturated rings. The molecule has 160 valence electrons. The Balaban J connectivity index is 1.65. The van der Waals surface area contributed by atoms with Crippen molar-refractivity contribution in [3.05, 3.63) is 148 Å². The minimum Gasteiger partial charge on any atom is -0.477 e. The highest BCUT2D eigenvalue weighted by Gasteiger charge is 2.45. The number of fused-ring (bicyclic) bond motifs is 3. The fourth-order valence-corrected chi connectivity index (χ4v) is 5.66. The first-order valence-corrected chi connectivity index (χ1v) is 12.1. The van der Waals surface area contributed by atoms with Gasteiger partial charge >= 0.3 is 0 Å². The van der Waals surface area contributed by atoms with Crippen LogP contribution in [0.2, 0.25) is 0 Å². The largest absolute Gasteiger partial charge is 0.477 e. The molecule has 6 rings (SSSR count). The van der Waals surface area contributed by atoms with Crippen LogP contribution in [0.5, 0.6) is 5.75 Å². The lowest BCUT2D eigenvalue weighted by atomic mass is 9.72. The third kappa shape index (κ3) is 3.46. The van der Waals surface area contributed by atoms with Crippen LogP contribution in [0.1, 0.15) is 34.6 Å². The van der Waals surface area contributed by atoms with Crippen LogP contribution in [0.25, 0.3) is 10.8 Å². The lowest BCUT2D eigenvalue weighted by Crippen LogP contribution is -2.40. The zero-order valence-electron chi connectivity index (χ0n) is 18.1. The lowest BCUT2D eigenvalue weighted by molar-refractivity contribution is 0.0783. The van der Waals surface area contributed by atoms with E-state index in [0.29, 0.717) is 0 Å². The van der Waals surface area contributed by atoms with E-state index in [1.54, 1.807) is 0 Å². The Hall–Kier alpha value is -3.36. The third-order valence-electron chi connectivity index (χ3n) is 6.79. The molecular weight excluding hydrogens is 468 g/mol. The van der Waals surface area contributed by atoms with Gasteiger partial charge in [-0.1, -0.05) is 119 Å². The van der Waals surface area contributed by atoms with Crippen LogP contribution in [0.15, 0.2) is 126 Å². The molecule has 0 spiro atoms. The van der Waals surface area contributed by atoms with Gasteiger partial charge in [0, 0.05) is 22.4 Å². The highest BCUT2D eigenvalue weighted by molar-refractivity contribution is 9.10. The summed E-state index contributed by atoms with van der Waals surface area (Å²) in [5.74, 6) is 1.15. The van der Waals surface area contributed by atoms with E-state index in [4.69, 9.17) is 4.74 Å². The number of rotatable bonds is 3. The van der Waals surface area contributed by atoms with Crippen LogP contribution in [0.3, 0.4) is 0 Å². The Labute approximate surface area is 202 Å². The van der Waals surface area contributed by atoms with E-state index < -0.39 is 5.60 Å². The molecule has 0 aromatic heterocycles. The van der Waals surface area contributed by atoms with Crippen molar-refractivity contribution in [3.8, 4) is 5.75 Å². The zero-order valence-corrected chi connectivity index (χ0v) is 19.7. The number of benzene rings is 5. The maximum absolute atomic E-state index is 7.07. The second-order valence-corrected chi connectivity index (χ2v) is 9.59. The standard InChI is InChI=1S/C31H23BrO/c32-26-17-18-27-23(20-26)16-19-29-30(27)28(22-10-4-1-5-11-22)21-31(33-29,24-12-6-2-7-13-24)25-14-8-3-9-15-25/h1-20,28H,21H2. The van der Waals surface area contributed by atoms with E-state index in [0.717, 1.165) is 16.6 Å². The van der Waals surface area contributed by atoms with Gasteiger partial charge in [-0.2, -0.15) is 0 Å². The minimum absolute atomic E-state index is 0.195. The Kier molecular flexibility index (Phi) is 5.04. The molecule has 33 heavy (non-hydrogen) atoms. The summed E-state index contributed by atoms with van der Waals surface area (Å²) in [6.07, 6.45) is 0.827. The molecule has 0 aliphatic carbocycles. The molecule has 1 heterocycles. The van der Waals surface area contributed by atoms with Crippen molar-refractivity contribution in [1.82, 2.24) is 0 Å². The molecule has 1 nitrogen and oxygen atoms in total. The topological polar surface area (TPSA) is 9.23 Å². The van der Waals surface area contributed by atoms with Crippen molar-refractivity contribution in [2.45, 2.75) is 17.9 Å². The quantitative estimate of drug-likeness (QED) is 0.246. The summed E-state index contributed by atoms with van der Waals surface area (Å²) in [6, 6.07) is 43.0. The van der Waals surface area contributed by atoms with Crippen molar-refractivity contribution in [1.29, 1.82) is 0 Å². The molecule has 1 unspecified atom stereocenters. The minimum atomic E-state index is -0.570. The maximum atomic E-state index is 7.07. The molecule has 0 bridgehead atoms. The van der Waals surface area contributed by atoms with E-state index >= 15 is 0 Å². The Morgan fingerprint density at radius 2 is 1.27 bits per heavy atom. The summed E-state index contributed by atoms with van der Waals surface area (Å²) in [5.41, 5.74) is 4.37. The van der Waals surface area contributed by atoms with Gasteiger partial charge in [-0.3, -0.25) is 0 Å². The summed E-state index contributed by atoms with van der Waals surface area (Å²) in [6.45, 7) is 0. The van der Waals surface area contributed by atoms with Crippen molar-refractivity contribution in [2.24, 2.45) is 0 Å². The van der Waals surface area contributed by atoms with Crippen LogP contribution in [0.4, 0.5) is 0 Å². The fraction of sp³-hybridized carbons (Fsp3) is 0.0968. The number of hydrogen-bond donors (Lipinski definition) is 0. The Morgan fingerprint density at radius 1 is 0.667 bits per heavy atom. The van der Waals surface area contributed by atoms with Gasteiger partial charge in [-0.25, -0.2) is 0 Å². The molecule has 5 aromatic carbocycles. The molecule has 0 saturated heterocycles. The lowest BCUT2D eigenvalue weighted by Gasteiger charge is -2.44. The third-order valence-corrected chi connectivity index (χ3v) is 7.28. The van der Waals surface area contributed by atoms with Crippen molar-refractivity contribution < 1.29 is 4.74 Å². The van der Waals surface area contributed by atoms with Gasteiger partial charge in [0.15, 0.2) is 5.60 Å². The zero-order chi connectivity index (χ0) is 22.3. The van der Waals surface area contributed by atoms with Gasteiger partial charge in [0.05, 0.1) is 0 Å². The van der Waals surface area contributed by atoms with Crippen molar-refractivity contribution >= 4 is 26.7 Å². The fourth-order valence-electron chi connectivity index (χ4n) is 5.28. The molecule has 5 aromatic rings. The van der Waals surface area contributed by atoms with Crippen LogP contribution < -0.4 is 4.74 Å². The van der Waals surface area contributed by atoms with E-state index in [9.17, 15) is 0 Å². The van der Waals surface area contributed by atoms with E-state index in [1.165, 1.54) is 33.0 Å². The number of ether oxygens (including phenoxy) is 1. The van der Waals surface area contributed by atoms with Crippen molar-refractivity contribution in [3.63, 3.8) is 0 Å². The molecule has 1 aliphatic heterocycles. The molecular formula is C31H23BrO. The molecule has 0 amide bonds. The molecule has 0 radical (unpaired) electrons. The molecule has 0 N–H and O–H groups in total. The average Bonchev–Trinajstić information content (AvgIpc) is 2.89. The first-order chi connectivity index (χ1) is 16.2.